The Hall–Kier alpha value is -0.340. The van der Waals surface area contributed by atoms with Crippen LogP contribution in [-0.4, -0.2) is 38.3 Å². The fourth-order valence-corrected chi connectivity index (χ4v) is 1.44. The van der Waals surface area contributed by atoms with E-state index in [0.29, 0.717) is 0 Å². The highest BCUT2D eigenvalue weighted by Gasteiger charge is 2.09. The zero-order valence-electron chi connectivity index (χ0n) is 7.47. The Balaban J connectivity index is 2.35. The molecular weight excluding hydrogens is 138 g/mol. The van der Waals surface area contributed by atoms with Gasteiger partial charge in [0.05, 0.1) is 6.61 Å². The summed E-state index contributed by atoms with van der Waals surface area (Å²) in [6, 6.07) is 0. The van der Waals surface area contributed by atoms with E-state index in [1.807, 2.05) is 0 Å². The first-order valence-corrected chi connectivity index (χ1v) is 4.26. The molecule has 1 aliphatic heterocycles. The Bertz CT molecular complexity index is 142. The van der Waals surface area contributed by atoms with Gasteiger partial charge in [0.1, 0.15) is 0 Å². The Labute approximate surface area is 68.8 Å². The van der Waals surface area contributed by atoms with Gasteiger partial charge in [-0.25, -0.2) is 0 Å². The number of rotatable bonds is 3. The van der Waals surface area contributed by atoms with Crippen molar-refractivity contribution in [2.75, 3.05) is 33.4 Å². The Morgan fingerprint density at radius 1 is 1.64 bits per heavy atom. The molecule has 64 valence electrons. The highest BCUT2D eigenvalue weighted by molar-refractivity contribution is 5.08. The molecule has 2 heteroatoms. The number of likely N-dealkylation sites (N-methyl/N-ethyl adjacent to an activating group) is 1. The van der Waals surface area contributed by atoms with Crippen LogP contribution in [0.25, 0.3) is 0 Å². The highest BCUT2D eigenvalue weighted by Crippen LogP contribution is 2.08. The van der Waals surface area contributed by atoms with E-state index >= 15 is 0 Å². The van der Waals surface area contributed by atoms with E-state index < -0.39 is 0 Å². The van der Waals surface area contributed by atoms with Crippen molar-refractivity contribution in [2.45, 2.75) is 13.3 Å². The summed E-state index contributed by atoms with van der Waals surface area (Å²) in [5.41, 5.74) is 1.43. The van der Waals surface area contributed by atoms with Crippen molar-refractivity contribution in [3.63, 3.8) is 0 Å². The molecule has 0 aliphatic carbocycles. The molecule has 0 atom stereocenters. The molecule has 0 saturated heterocycles. The van der Waals surface area contributed by atoms with Gasteiger partial charge in [-0.15, -0.1) is 0 Å². The average molecular weight is 155 g/mol. The van der Waals surface area contributed by atoms with Crippen LogP contribution in [0.4, 0.5) is 0 Å². The van der Waals surface area contributed by atoms with Crippen molar-refractivity contribution in [1.29, 1.82) is 0 Å². The van der Waals surface area contributed by atoms with Crippen molar-refractivity contribution >= 4 is 0 Å². The standard InChI is InChI=1S/C9H17NO/c1-3-10-6-4-5-9(7-10)8-11-2/h5H,3-4,6-8H2,1-2H3. The van der Waals surface area contributed by atoms with Crippen LogP contribution in [0, 0.1) is 0 Å². The molecule has 0 spiro atoms. The second-order valence-electron chi connectivity index (χ2n) is 2.95. The molecule has 1 aliphatic rings. The first-order chi connectivity index (χ1) is 5.36. The molecule has 0 amide bonds. The van der Waals surface area contributed by atoms with Crippen LogP contribution in [0.3, 0.4) is 0 Å². The van der Waals surface area contributed by atoms with E-state index in [9.17, 15) is 0 Å². The molecule has 0 N–H and O–H groups in total. The fourth-order valence-electron chi connectivity index (χ4n) is 1.44. The van der Waals surface area contributed by atoms with Crippen LogP contribution in [0.2, 0.25) is 0 Å². The predicted octanol–water partition coefficient (Wildman–Crippen LogP) is 1.28. The summed E-state index contributed by atoms with van der Waals surface area (Å²) < 4.78 is 5.08. The Kier molecular flexibility index (Phi) is 3.60. The van der Waals surface area contributed by atoms with Crippen LogP contribution in [0.1, 0.15) is 13.3 Å². The summed E-state index contributed by atoms with van der Waals surface area (Å²) in [4.78, 5) is 2.44. The van der Waals surface area contributed by atoms with E-state index in [4.69, 9.17) is 4.74 Å². The van der Waals surface area contributed by atoms with Crippen LogP contribution in [-0.2, 0) is 4.74 Å². The van der Waals surface area contributed by atoms with Gasteiger partial charge < -0.3 is 4.74 Å². The molecule has 1 rings (SSSR count). The van der Waals surface area contributed by atoms with Gasteiger partial charge in [0.15, 0.2) is 0 Å². The minimum absolute atomic E-state index is 0.802. The van der Waals surface area contributed by atoms with Crippen molar-refractivity contribution in [1.82, 2.24) is 4.90 Å². The topological polar surface area (TPSA) is 12.5 Å². The largest absolute Gasteiger partial charge is 0.380 e. The first-order valence-electron chi connectivity index (χ1n) is 4.26. The number of nitrogens with zero attached hydrogens (tertiary/aromatic N) is 1. The molecule has 0 fully saturated rings. The van der Waals surface area contributed by atoms with E-state index in [0.717, 1.165) is 19.7 Å². The molecule has 0 aromatic heterocycles. The van der Waals surface area contributed by atoms with Crippen LogP contribution in [0.15, 0.2) is 11.6 Å². The first kappa shape index (κ1) is 8.75. The van der Waals surface area contributed by atoms with Crippen LogP contribution in [0.5, 0.6) is 0 Å². The molecule has 0 aromatic carbocycles. The highest BCUT2D eigenvalue weighted by atomic mass is 16.5. The average Bonchev–Trinajstić information content (AvgIpc) is 2.06. The maximum absolute atomic E-state index is 5.08. The lowest BCUT2D eigenvalue weighted by molar-refractivity contribution is 0.206. The summed E-state index contributed by atoms with van der Waals surface area (Å²) in [5, 5.41) is 0. The summed E-state index contributed by atoms with van der Waals surface area (Å²) in [6.07, 6.45) is 3.49. The van der Waals surface area contributed by atoms with Crippen molar-refractivity contribution in [3.05, 3.63) is 11.6 Å². The summed E-state index contributed by atoms with van der Waals surface area (Å²) in [5.74, 6) is 0. The third-order valence-electron chi connectivity index (χ3n) is 2.08. The van der Waals surface area contributed by atoms with Gasteiger partial charge in [0.25, 0.3) is 0 Å². The van der Waals surface area contributed by atoms with Crippen molar-refractivity contribution < 1.29 is 4.74 Å². The second-order valence-corrected chi connectivity index (χ2v) is 2.95. The maximum Gasteiger partial charge on any atom is 0.0685 e. The van der Waals surface area contributed by atoms with Gasteiger partial charge in [-0.3, -0.25) is 4.90 Å². The lowest BCUT2D eigenvalue weighted by atomic mass is 10.1. The lowest BCUT2D eigenvalue weighted by Gasteiger charge is -2.25. The zero-order valence-corrected chi connectivity index (χ0v) is 7.47. The number of methoxy groups -OCH3 is 1. The quantitative estimate of drug-likeness (QED) is 0.569. The molecule has 11 heavy (non-hydrogen) atoms. The minimum Gasteiger partial charge on any atom is -0.380 e. The molecule has 0 saturated carbocycles. The van der Waals surface area contributed by atoms with Crippen molar-refractivity contribution in [2.24, 2.45) is 0 Å². The van der Waals surface area contributed by atoms with Gasteiger partial charge >= 0.3 is 0 Å². The second kappa shape index (κ2) is 4.52. The molecule has 1 heterocycles. The number of ether oxygens (including phenoxy) is 1. The number of hydrogen-bond acceptors (Lipinski definition) is 2. The van der Waals surface area contributed by atoms with Gasteiger partial charge in [-0.1, -0.05) is 13.0 Å². The SMILES string of the molecule is CCN1CCC=C(COC)C1. The van der Waals surface area contributed by atoms with E-state index in [-0.39, 0.29) is 0 Å². The zero-order chi connectivity index (χ0) is 8.10. The predicted molar refractivity (Wildman–Crippen MR) is 46.7 cm³/mol. The molecule has 0 aromatic rings. The van der Waals surface area contributed by atoms with Crippen LogP contribution >= 0.6 is 0 Å². The Morgan fingerprint density at radius 3 is 3.09 bits per heavy atom. The van der Waals surface area contributed by atoms with Crippen LogP contribution < -0.4 is 0 Å². The fraction of sp³-hybridized carbons (Fsp3) is 0.778. The normalized spacial score (nSPS) is 20.0. The number of hydrogen-bond donors (Lipinski definition) is 0. The molecule has 0 unspecified atom stereocenters. The lowest BCUT2D eigenvalue weighted by Crippen LogP contribution is -2.30. The van der Waals surface area contributed by atoms with E-state index in [1.165, 1.54) is 18.5 Å². The van der Waals surface area contributed by atoms with Gasteiger partial charge in [0.2, 0.25) is 0 Å². The molecular formula is C9H17NO. The summed E-state index contributed by atoms with van der Waals surface area (Å²) in [7, 11) is 1.76. The van der Waals surface area contributed by atoms with Gasteiger partial charge in [0, 0.05) is 20.2 Å². The smallest absolute Gasteiger partial charge is 0.0685 e. The molecule has 2 nitrogen and oxygen atoms in total. The summed E-state index contributed by atoms with van der Waals surface area (Å²) >= 11 is 0. The van der Waals surface area contributed by atoms with E-state index in [1.54, 1.807) is 7.11 Å². The minimum atomic E-state index is 0.802. The van der Waals surface area contributed by atoms with E-state index in [2.05, 4.69) is 17.9 Å². The van der Waals surface area contributed by atoms with Gasteiger partial charge in [-0.2, -0.15) is 0 Å². The van der Waals surface area contributed by atoms with Crippen molar-refractivity contribution in [3.8, 4) is 0 Å². The molecule has 0 bridgehead atoms. The monoisotopic (exact) mass is 155 g/mol. The maximum atomic E-state index is 5.08. The third-order valence-corrected chi connectivity index (χ3v) is 2.08. The summed E-state index contributed by atoms with van der Waals surface area (Å²) in [6.45, 7) is 6.47. The van der Waals surface area contributed by atoms with Gasteiger partial charge in [-0.05, 0) is 18.5 Å². The third kappa shape index (κ3) is 2.64. The molecule has 0 radical (unpaired) electrons. The Morgan fingerprint density at radius 2 is 2.45 bits per heavy atom.